The van der Waals surface area contributed by atoms with E-state index in [1.807, 2.05) is 31.2 Å². The molecule has 110 valence electrons. The summed E-state index contributed by atoms with van der Waals surface area (Å²) >= 11 is 0. The van der Waals surface area contributed by atoms with Gasteiger partial charge in [0.1, 0.15) is 0 Å². The van der Waals surface area contributed by atoms with Crippen LogP contribution >= 0.6 is 0 Å². The Labute approximate surface area is 124 Å². The lowest BCUT2D eigenvalue weighted by Gasteiger charge is -2.03. The minimum absolute atomic E-state index is 0.0741. The first-order valence-electron chi connectivity index (χ1n) is 7.17. The van der Waals surface area contributed by atoms with Crippen molar-refractivity contribution < 1.29 is 8.95 Å². The van der Waals surface area contributed by atoms with Gasteiger partial charge in [-0.1, -0.05) is 23.8 Å². The van der Waals surface area contributed by atoms with Crippen molar-refractivity contribution in [1.29, 1.82) is 0 Å². The second-order valence-corrected chi connectivity index (χ2v) is 7.62. The van der Waals surface area contributed by atoms with Gasteiger partial charge in [-0.05, 0) is 58.2 Å². The zero-order chi connectivity index (χ0) is 14.8. The van der Waals surface area contributed by atoms with Crippen LogP contribution in [-0.2, 0) is 15.5 Å². The highest BCUT2D eigenvalue weighted by atomic mass is 32.2. The maximum atomic E-state index is 12.2. The lowest BCUT2D eigenvalue weighted by atomic mass is 10.0. The Kier molecular flexibility index (Phi) is 4.82. The van der Waals surface area contributed by atoms with Crippen molar-refractivity contribution in [3.05, 3.63) is 41.5 Å². The minimum atomic E-state index is -0.936. The number of hydrogen-bond acceptors (Lipinski definition) is 2. The third kappa shape index (κ3) is 4.29. The first kappa shape index (κ1) is 15.5. The molecule has 2 atom stereocenters. The standard InChI is InChI=1S/C17H24O2S/c1-13(8-9-16-17(3,4)19-16)10-11-20(18)15-7-5-6-14(2)12-15/h5-7,10,12,16H,8-9,11H2,1-4H3. The molecular formula is C17H24O2S. The molecule has 1 saturated heterocycles. The molecule has 2 unspecified atom stereocenters. The van der Waals surface area contributed by atoms with Gasteiger partial charge in [0, 0.05) is 10.6 Å². The molecule has 0 amide bonds. The van der Waals surface area contributed by atoms with Crippen LogP contribution in [0.5, 0.6) is 0 Å². The molecule has 3 heteroatoms. The summed E-state index contributed by atoms with van der Waals surface area (Å²) in [6.07, 6.45) is 4.59. The summed E-state index contributed by atoms with van der Waals surface area (Å²) in [6, 6.07) is 7.93. The fraction of sp³-hybridized carbons (Fsp3) is 0.529. The van der Waals surface area contributed by atoms with E-state index in [9.17, 15) is 4.21 Å². The molecule has 1 heterocycles. The van der Waals surface area contributed by atoms with E-state index in [1.54, 1.807) is 0 Å². The third-order valence-corrected chi connectivity index (χ3v) is 5.05. The van der Waals surface area contributed by atoms with Crippen LogP contribution in [0.25, 0.3) is 0 Å². The highest BCUT2D eigenvalue weighted by Gasteiger charge is 2.46. The van der Waals surface area contributed by atoms with Crippen molar-refractivity contribution in [2.24, 2.45) is 0 Å². The van der Waals surface area contributed by atoms with Gasteiger partial charge in [0.25, 0.3) is 0 Å². The van der Waals surface area contributed by atoms with Crippen LogP contribution in [0.15, 0.2) is 40.8 Å². The fourth-order valence-electron chi connectivity index (χ4n) is 2.27. The molecule has 0 N–H and O–H groups in total. The van der Waals surface area contributed by atoms with Crippen molar-refractivity contribution in [3.8, 4) is 0 Å². The number of benzene rings is 1. The first-order valence-corrected chi connectivity index (χ1v) is 8.49. The molecule has 1 fully saturated rings. The van der Waals surface area contributed by atoms with Crippen LogP contribution in [0.1, 0.15) is 39.2 Å². The van der Waals surface area contributed by atoms with Crippen molar-refractivity contribution >= 4 is 10.8 Å². The van der Waals surface area contributed by atoms with E-state index in [0.29, 0.717) is 11.9 Å². The molecule has 0 bridgehead atoms. The maximum Gasteiger partial charge on any atom is 0.0892 e. The Morgan fingerprint density at radius 3 is 2.75 bits per heavy atom. The van der Waals surface area contributed by atoms with E-state index in [0.717, 1.165) is 23.3 Å². The van der Waals surface area contributed by atoms with Crippen LogP contribution in [0, 0.1) is 6.92 Å². The monoisotopic (exact) mass is 292 g/mol. The largest absolute Gasteiger partial charge is 0.367 e. The summed E-state index contributed by atoms with van der Waals surface area (Å²) in [6.45, 7) is 8.40. The molecule has 2 rings (SSSR count). The minimum Gasteiger partial charge on any atom is -0.367 e. The van der Waals surface area contributed by atoms with Crippen molar-refractivity contribution in [2.75, 3.05) is 5.75 Å². The lowest BCUT2D eigenvalue weighted by molar-refractivity contribution is 0.320. The van der Waals surface area contributed by atoms with E-state index >= 15 is 0 Å². The molecule has 0 spiro atoms. The van der Waals surface area contributed by atoms with Gasteiger partial charge in [-0.2, -0.15) is 0 Å². The fourth-order valence-corrected chi connectivity index (χ4v) is 3.45. The van der Waals surface area contributed by atoms with E-state index in [4.69, 9.17) is 4.74 Å². The average Bonchev–Trinajstić information content (AvgIpc) is 3.01. The smallest absolute Gasteiger partial charge is 0.0892 e. The summed E-state index contributed by atoms with van der Waals surface area (Å²) in [5, 5.41) is 0. The number of rotatable bonds is 6. The molecule has 1 aromatic rings. The van der Waals surface area contributed by atoms with Crippen LogP contribution in [0.2, 0.25) is 0 Å². The molecule has 0 aliphatic carbocycles. The molecule has 0 radical (unpaired) electrons. The first-order chi connectivity index (χ1) is 9.38. The second kappa shape index (κ2) is 6.23. The van der Waals surface area contributed by atoms with E-state index in [2.05, 4.69) is 26.8 Å². The van der Waals surface area contributed by atoms with Gasteiger partial charge in [0.15, 0.2) is 0 Å². The van der Waals surface area contributed by atoms with Gasteiger partial charge in [0.05, 0.1) is 22.5 Å². The molecule has 1 aliphatic heterocycles. The number of allylic oxidation sites excluding steroid dienone is 1. The SMILES string of the molecule is CC(=CCS(=O)c1cccc(C)c1)CCC1OC1(C)C. The summed E-state index contributed by atoms with van der Waals surface area (Å²) in [5.74, 6) is 0.601. The van der Waals surface area contributed by atoms with Crippen molar-refractivity contribution in [3.63, 3.8) is 0 Å². The van der Waals surface area contributed by atoms with Gasteiger partial charge >= 0.3 is 0 Å². The lowest BCUT2D eigenvalue weighted by Crippen LogP contribution is -2.03. The zero-order valence-corrected chi connectivity index (χ0v) is 13.6. The van der Waals surface area contributed by atoms with Crippen molar-refractivity contribution in [1.82, 2.24) is 0 Å². The highest BCUT2D eigenvalue weighted by molar-refractivity contribution is 7.85. The Balaban J connectivity index is 1.81. The number of ether oxygens (including phenoxy) is 1. The molecule has 1 aromatic carbocycles. The van der Waals surface area contributed by atoms with E-state index in [-0.39, 0.29) is 5.60 Å². The van der Waals surface area contributed by atoms with Crippen LogP contribution in [-0.4, -0.2) is 21.7 Å². The van der Waals surface area contributed by atoms with Crippen molar-refractivity contribution in [2.45, 2.75) is 57.1 Å². The van der Waals surface area contributed by atoms with Gasteiger partial charge in [0.2, 0.25) is 0 Å². The second-order valence-electron chi connectivity index (χ2n) is 6.13. The Hall–Kier alpha value is -0.930. The Bertz CT molecular complexity index is 532. The summed E-state index contributed by atoms with van der Waals surface area (Å²) in [7, 11) is -0.936. The molecular weight excluding hydrogens is 268 g/mol. The van der Waals surface area contributed by atoms with Gasteiger partial charge < -0.3 is 4.74 Å². The molecule has 1 aliphatic rings. The zero-order valence-electron chi connectivity index (χ0n) is 12.8. The predicted molar refractivity (Wildman–Crippen MR) is 84.4 cm³/mol. The Morgan fingerprint density at radius 2 is 2.15 bits per heavy atom. The number of hydrogen-bond donors (Lipinski definition) is 0. The molecule has 20 heavy (non-hydrogen) atoms. The Morgan fingerprint density at radius 1 is 1.45 bits per heavy atom. The maximum absolute atomic E-state index is 12.2. The highest BCUT2D eigenvalue weighted by Crippen LogP contribution is 2.38. The summed E-state index contributed by atoms with van der Waals surface area (Å²) < 4.78 is 17.8. The van der Waals surface area contributed by atoms with Crippen LogP contribution in [0.3, 0.4) is 0 Å². The predicted octanol–water partition coefficient (Wildman–Crippen LogP) is 4.01. The van der Waals surface area contributed by atoms with E-state index < -0.39 is 10.8 Å². The molecule has 0 saturated carbocycles. The number of epoxide rings is 1. The number of aryl methyl sites for hydroxylation is 1. The normalized spacial score (nSPS) is 22.6. The quantitative estimate of drug-likeness (QED) is 0.586. The van der Waals surface area contributed by atoms with Crippen LogP contribution < -0.4 is 0 Å². The summed E-state index contributed by atoms with van der Waals surface area (Å²) in [4.78, 5) is 0.917. The summed E-state index contributed by atoms with van der Waals surface area (Å²) in [5.41, 5.74) is 2.53. The van der Waals surface area contributed by atoms with Gasteiger partial charge in [-0.3, -0.25) is 4.21 Å². The van der Waals surface area contributed by atoms with Crippen LogP contribution in [0.4, 0.5) is 0 Å². The average molecular weight is 292 g/mol. The topological polar surface area (TPSA) is 29.6 Å². The van der Waals surface area contributed by atoms with Gasteiger partial charge in [-0.15, -0.1) is 0 Å². The molecule has 0 aromatic heterocycles. The third-order valence-electron chi connectivity index (χ3n) is 3.80. The van der Waals surface area contributed by atoms with E-state index in [1.165, 1.54) is 5.57 Å². The molecule has 2 nitrogen and oxygen atoms in total. The van der Waals surface area contributed by atoms with Gasteiger partial charge in [-0.25, -0.2) is 0 Å².